The van der Waals surface area contributed by atoms with Gasteiger partial charge in [0.25, 0.3) is 0 Å². The molecule has 0 radical (unpaired) electrons. The Hall–Kier alpha value is -1.60. The maximum Gasteiger partial charge on any atom is 0.140 e. The van der Waals surface area contributed by atoms with Crippen LogP contribution in [0.25, 0.3) is 0 Å². The first-order chi connectivity index (χ1) is 8.81. The summed E-state index contributed by atoms with van der Waals surface area (Å²) in [6.45, 7) is 6.40. The Morgan fingerprint density at radius 3 is 3.11 bits per heavy atom. The number of nitrogens with zero attached hydrogens (tertiary/aromatic N) is 3. The summed E-state index contributed by atoms with van der Waals surface area (Å²) >= 11 is 0. The Bertz CT molecular complexity index is 410. The van der Waals surface area contributed by atoms with Crippen molar-refractivity contribution < 1.29 is 4.74 Å². The molecule has 4 nitrogen and oxygen atoms in total. The van der Waals surface area contributed by atoms with E-state index in [2.05, 4.69) is 16.8 Å². The van der Waals surface area contributed by atoms with Gasteiger partial charge >= 0.3 is 0 Å². The van der Waals surface area contributed by atoms with Crippen LogP contribution < -0.4 is 4.74 Å². The molecule has 0 bridgehead atoms. The summed E-state index contributed by atoms with van der Waals surface area (Å²) in [6.07, 6.45) is 4.12. The Balaban J connectivity index is 1.81. The molecule has 0 N–H and O–H groups in total. The van der Waals surface area contributed by atoms with Gasteiger partial charge in [0.15, 0.2) is 0 Å². The molecule has 18 heavy (non-hydrogen) atoms. The average Bonchev–Trinajstić information content (AvgIpc) is 2.46. The predicted octanol–water partition coefficient (Wildman–Crippen LogP) is 2.06. The second-order valence-electron chi connectivity index (χ2n) is 4.70. The Labute approximate surface area is 108 Å². The monoisotopic (exact) mass is 245 g/mol. The molecule has 1 aromatic rings. The van der Waals surface area contributed by atoms with Crippen molar-refractivity contribution in [2.24, 2.45) is 5.92 Å². The largest absolute Gasteiger partial charge is 0.492 e. The van der Waals surface area contributed by atoms with Crippen molar-refractivity contribution in [1.29, 1.82) is 5.26 Å². The van der Waals surface area contributed by atoms with Gasteiger partial charge in [-0.1, -0.05) is 6.92 Å². The molecule has 0 aromatic carbocycles. The van der Waals surface area contributed by atoms with Gasteiger partial charge in [0.05, 0.1) is 12.8 Å². The van der Waals surface area contributed by atoms with Gasteiger partial charge in [0, 0.05) is 12.5 Å². The van der Waals surface area contributed by atoms with Gasteiger partial charge in [0.2, 0.25) is 0 Å². The molecule has 4 heteroatoms. The fourth-order valence-electron chi connectivity index (χ4n) is 2.32. The molecule has 1 aromatic heterocycles. The van der Waals surface area contributed by atoms with E-state index >= 15 is 0 Å². The maximum atomic E-state index is 8.66. The van der Waals surface area contributed by atoms with Crippen LogP contribution in [0.5, 0.6) is 5.75 Å². The third kappa shape index (κ3) is 3.44. The van der Waals surface area contributed by atoms with E-state index in [1.165, 1.54) is 19.4 Å². The molecule has 0 spiro atoms. The van der Waals surface area contributed by atoms with Crippen LogP contribution in [-0.4, -0.2) is 36.1 Å². The third-order valence-electron chi connectivity index (χ3n) is 3.39. The van der Waals surface area contributed by atoms with Crippen LogP contribution in [0, 0.1) is 17.2 Å². The molecular weight excluding hydrogens is 226 g/mol. The smallest absolute Gasteiger partial charge is 0.140 e. The van der Waals surface area contributed by atoms with Gasteiger partial charge < -0.3 is 9.64 Å². The Morgan fingerprint density at radius 2 is 2.44 bits per heavy atom. The van der Waals surface area contributed by atoms with Crippen molar-refractivity contribution in [1.82, 2.24) is 9.88 Å². The normalized spacial score (nSPS) is 20.3. The summed E-state index contributed by atoms with van der Waals surface area (Å²) in [5.74, 6) is 1.36. The summed E-state index contributed by atoms with van der Waals surface area (Å²) in [7, 11) is 0. The van der Waals surface area contributed by atoms with Gasteiger partial charge in [-0.05, 0) is 38.1 Å². The lowest BCUT2D eigenvalue weighted by Crippen LogP contribution is -2.37. The van der Waals surface area contributed by atoms with Gasteiger partial charge in [0.1, 0.15) is 17.5 Å². The highest BCUT2D eigenvalue weighted by Gasteiger charge is 2.19. The molecule has 1 aliphatic heterocycles. The zero-order chi connectivity index (χ0) is 12.8. The molecule has 1 atom stereocenters. The summed E-state index contributed by atoms with van der Waals surface area (Å²) < 4.78 is 5.74. The van der Waals surface area contributed by atoms with E-state index in [1.54, 1.807) is 12.3 Å². The van der Waals surface area contributed by atoms with Crippen molar-refractivity contribution in [2.75, 3.05) is 26.2 Å². The topological polar surface area (TPSA) is 49.1 Å². The first-order valence-corrected chi connectivity index (χ1v) is 6.53. The summed E-state index contributed by atoms with van der Waals surface area (Å²) in [6, 6.07) is 5.50. The minimum atomic E-state index is 0.428. The number of hydrogen-bond acceptors (Lipinski definition) is 4. The first-order valence-electron chi connectivity index (χ1n) is 6.53. The van der Waals surface area contributed by atoms with Crippen LogP contribution in [-0.2, 0) is 0 Å². The van der Waals surface area contributed by atoms with E-state index in [4.69, 9.17) is 10.00 Å². The zero-order valence-corrected chi connectivity index (χ0v) is 10.8. The van der Waals surface area contributed by atoms with Crippen LogP contribution in [0.3, 0.4) is 0 Å². The van der Waals surface area contributed by atoms with Crippen molar-refractivity contribution >= 4 is 0 Å². The molecule has 1 aliphatic rings. The predicted molar refractivity (Wildman–Crippen MR) is 69.3 cm³/mol. The zero-order valence-electron chi connectivity index (χ0n) is 10.8. The highest BCUT2D eigenvalue weighted by Crippen LogP contribution is 2.18. The average molecular weight is 245 g/mol. The first kappa shape index (κ1) is 12.8. The second-order valence-corrected chi connectivity index (χ2v) is 4.70. The molecular formula is C14H19N3O. The summed E-state index contributed by atoms with van der Waals surface area (Å²) in [5.41, 5.74) is 0.428. The van der Waals surface area contributed by atoms with Crippen molar-refractivity contribution in [3.8, 4) is 11.8 Å². The number of piperidine rings is 1. The van der Waals surface area contributed by atoms with E-state index in [-0.39, 0.29) is 0 Å². The van der Waals surface area contributed by atoms with Crippen molar-refractivity contribution in [3.63, 3.8) is 0 Å². The molecule has 0 amide bonds. The number of ether oxygens (including phenoxy) is 1. The van der Waals surface area contributed by atoms with Crippen LogP contribution in [0.1, 0.15) is 25.5 Å². The standard InChI is InChI=1S/C14H19N3O/c1-2-17-7-3-4-12(10-17)11-18-14-6-5-13(8-15)16-9-14/h5-6,9,12H,2-4,7,10-11H2,1H3/t12-/m1/s1. The highest BCUT2D eigenvalue weighted by atomic mass is 16.5. The summed E-state index contributed by atoms with van der Waals surface area (Å²) in [4.78, 5) is 6.46. The van der Waals surface area contributed by atoms with Crippen LogP contribution in [0.2, 0.25) is 0 Å². The van der Waals surface area contributed by atoms with Crippen LogP contribution in [0.15, 0.2) is 18.3 Å². The van der Waals surface area contributed by atoms with Gasteiger partial charge in [-0.25, -0.2) is 4.98 Å². The Morgan fingerprint density at radius 1 is 1.56 bits per heavy atom. The molecule has 2 heterocycles. The fourth-order valence-corrected chi connectivity index (χ4v) is 2.32. The van der Waals surface area contributed by atoms with Crippen molar-refractivity contribution in [2.45, 2.75) is 19.8 Å². The maximum absolute atomic E-state index is 8.66. The van der Waals surface area contributed by atoms with Gasteiger partial charge in [-0.3, -0.25) is 0 Å². The Kier molecular flexibility index (Phi) is 4.54. The van der Waals surface area contributed by atoms with Crippen molar-refractivity contribution in [3.05, 3.63) is 24.0 Å². The fraction of sp³-hybridized carbons (Fsp3) is 0.571. The van der Waals surface area contributed by atoms with Gasteiger partial charge in [-0.2, -0.15) is 5.26 Å². The molecule has 0 unspecified atom stereocenters. The minimum Gasteiger partial charge on any atom is -0.492 e. The lowest BCUT2D eigenvalue weighted by atomic mass is 9.99. The molecule has 96 valence electrons. The lowest BCUT2D eigenvalue weighted by Gasteiger charge is -2.31. The van der Waals surface area contributed by atoms with E-state index in [9.17, 15) is 0 Å². The van der Waals surface area contributed by atoms with Crippen LogP contribution in [0.4, 0.5) is 0 Å². The molecule has 1 fully saturated rings. The molecule has 0 saturated carbocycles. The molecule has 0 aliphatic carbocycles. The van der Waals surface area contributed by atoms with E-state index in [1.807, 2.05) is 12.1 Å². The molecule has 2 rings (SSSR count). The summed E-state index contributed by atoms with van der Waals surface area (Å²) in [5, 5.41) is 8.66. The highest BCUT2D eigenvalue weighted by molar-refractivity contribution is 5.26. The SMILES string of the molecule is CCN1CCC[C@@H](COc2ccc(C#N)nc2)C1. The number of pyridine rings is 1. The van der Waals surface area contributed by atoms with E-state index < -0.39 is 0 Å². The van der Waals surface area contributed by atoms with Crippen LogP contribution >= 0.6 is 0 Å². The number of likely N-dealkylation sites (tertiary alicyclic amines) is 1. The minimum absolute atomic E-state index is 0.428. The third-order valence-corrected chi connectivity index (χ3v) is 3.39. The molecule has 1 saturated heterocycles. The quantitative estimate of drug-likeness (QED) is 0.814. The number of rotatable bonds is 4. The van der Waals surface area contributed by atoms with E-state index in [0.717, 1.165) is 25.4 Å². The van der Waals surface area contributed by atoms with Gasteiger partial charge in [-0.15, -0.1) is 0 Å². The number of aromatic nitrogens is 1. The second kappa shape index (κ2) is 6.36. The number of hydrogen-bond donors (Lipinski definition) is 0. The number of nitriles is 1. The van der Waals surface area contributed by atoms with E-state index in [0.29, 0.717) is 11.6 Å². The lowest BCUT2D eigenvalue weighted by molar-refractivity contribution is 0.134.